The Bertz CT molecular complexity index is 971. The number of pyridine rings is 1. The van der Waals surface area contributed by atoms with E-state index in [1.54, 1.807) is 24.5 Å². The van der Waals surface area contributed by atoms with E-state index in [0.717, 1.165) is 24.1 Å². The van der Waals surface area contributed by atoms with Crippen LogP contribution in [0.4, 0.5) is 17.5 Å². The van der Waals surface area contributed by atoms with Gasteiger partial charge in [0.15, 0.2) is 5.75 Å². The second-order valence-electron chi connectivity index (χ2n) is 7.10. The lowest BCUT2D eigenvalue weighted by atomic mass is 9.96. The lowest BCUT2D eigenvalue weighted by Crippen LogP contribution is -2.23. The van der Waals surface area contributed by atoms with Crippen molar-refractivity contribution >= 4 is 40.7 Å². The van der Waals surface area contributed by atoms with Gasteiger partial charge >= 0.3 is 0 Å². The highest BCUT2D eigenvalue weighted by atomic mass is 35.5. The Kier molecular flexibility index (Phi) is 6.02. The number of aromatic hydroxyl groups is 1. The summed E-state index contributed by atoms with van der Waals surface area (Å²) in [5.41, 5.74) is 2.27. The van der Waals surface area contributed by atoms with E-state index in [1.807, 2.05) is 18.2 Å². The molecule has 6 nitrogen and oxygen atoms in total. The Hall–Kier alpha value is -2.57. The van der Waals surface area contributed by atoms with Gasteiger partial charge in [-0.3, -0.25) is 4.98 Å². The van der Waals surface area contributed by atoms with Crippen LogP contribution in [0.1, 0.15) is 32.1 Å². The van der Waals surface area contributed by atoms with Crippen molar-refractivity contribution < 1.29 is 5.11 Å². The van der Waals surface area contributed by atoms with Crippen LogP contribution in [0.15, 0.2) is 42.7 Å². The minimum atomic E-state index is -0.141. The van der Waals surface area contributed by atoms with Gasteiger partial charge in [0, 0.05) is 35.8 Å². The van der Waals surface area contributed by atoms with Crippen molar-refractivity contribution in [2.75, 3.05) is 10.6 Å². The number of aromatic nitrogens is 3. The molecule has 4 rings (SSSR count). The predicted molar refractivity (Wildman–Crippen MR) is 117 cm³/mol. The molecule has 0 unspecified atom stereocenters. The van der Waals surface area contributed by atoms with E-state index in [1.165, 1.54) is 19.3 Å². The number of halogens is 2. The van der Waals surface area contributed by atoms with Gasteiger partial charge in [-0.2, -0.15) is 4.98 Å². The van der Waals surface area contributed by atoms with Crippen LogP contribution >= 0.6 is 23.2 Å². The van der Waals surface area contributed by atoms with Crippen LogP contribution in [0.25, 0.3) is 11.3 Å². The molecule has 3 N–H and O–H groups in total. The molecule has 1 aliphatic carbocycles. The molecule has 29 heavy (non-hydrogen) atoms. The first-order valence-corrected chi connectivity index (χ1v) is 10.3. The fourth-order valence-electron chi connectivity index (χ4n) is 3.45. The van der Waals surface area contributed by atoms with Gasteiger partial charge in [-0.25, -0.2) is 4.98 Å². The number of nitrogens with one attached hydrogen (secondary N) is 2. The van der Waals surface area contributed by atoms with E-state index in [9.17, 15) is 5.11 Å². The van der Waals surface area contributed by atoms with E-state index in [0.29, 0.717) is 23.5 Å². The van der Waals surface area contributed by atoms with E-state index in [-0.39, 0.29) is 15.8 Å². The van der Waals surface area contributed by atoms with Crippen LogP contribution < -0.4 is 10.6 Å². The van der Waals surface area contributed by atoms with Gasteiger partial charge in [-0.05, 0) is 37.1 Å². The zero-order valence-corrected chi connectivity index (χ0v) is 17.2. The van der Waals surface area contributed by atoms with Crippen molar-refractivity contribution in [2.45, 2.75) is 38.1 Å². The molecular weight excluding hydrogens is 409 g/mol. The third kappa shape index (κ3) is 4.89. The average molecular weight is 430 g/mol. The first kappa shape index (κ1) is 19.7. The molecule has 1 saturated carbocycles. The molecule has 0 spiro atoms. The van der Waals surface area contributed by atoms with Gasteiger partial charge in [-0.1, -0.05) is 42.5 Å². The normalized spacial score (nSPS) is 14.6. The summed E-state index contributed by atoms with van der Waals surface area (Å²) < 4.78 is 0. The molecule has 0 saturated heterocycles. The second kappa shape index (κ2) is 8.84. The van der Waals surface area contributed by atoms with Crippen molar-refractivity contribution in [1.29, 1.82) is 0 Å². The molecule has 3 aromatic rings. The number of hydrogen-bond donors (Lipinski definition) is 3. The summed E-state index contributed by atoms with van der Waals surface area (Å²) in [6.45, 7) is 0. The number of rotatable bonds is 5. The van der Waals surface area contributed by atoms with Crippen molar-refractivity contribution in [3.8, 4) is 17.0 Å². The first-order chi connectivity index (χ1) is 14.1. The highest BCUT2D eigenvalue weighted by molar-refractivity contribution is 6.37. The molecule has 1 fully saturated rings. The number of anilines is 3. The molecule has 150 valence electrons. The maximum absolute atomic E-state index is 9.78. The lowest BCUT2D eigenvalue weighted by molar-refractivity contribution is 0.461. The maximum atomic E-state index is 9.78. The molecule has 2 aromatic heterocycles. The van der Waals surface area contributed by atoms with Crippen molar-refractivity contribution in [1.82, 2.24) is 15.0 Å². The van der Waals surface area contributed by atoms with E-state index < -0.39 is 0 Å². The van der Waals surface area contributed by atoms with Crippen LogP contribution in [-0.4, -0.2) is 26.1 Å². The molecule has 0 bridgehead atoms. The third-order valence-corrected chi connectivity index (χ3v) is 5.49. The van der Waals surface area contributed by atoms with Crippen LogP contribution in [-0.2, 0) is 0 Å². The van der Waals surface area contributed by atoms with Gasteiger partial charge in [0.25, 0.3) is 0 Å². The molecule has 1 aliphatic rings. The fraction of sp³-hybridized carbons (Fsp3) is 0.286. The van der Waals surface area contributed by atoms with E-state index in [4.69, 9.17) is 28.2 Å². The smallest absolute Gasteiger partial charge is 0.225 e. The van der Waals surface area contributed by atoms with Crippen LogP contribution in [0.5, 0.6) is 5.75 Å². The third-order valence-electron chi connectivity index (χ3n) is 4.91. The van der Waals surface area contributed by atoms with E-state index in [2.05, 4.69) is 20.6 Å². The SMILES string of the molecule is Oc1c(Cl)cc(Nc2cc(-c3cccnc3)nc(NC3CCCCC3)n2)cc1Cl. The number of hydrogen-bond acceptors (Lipinski definition) is 6. The van der Waals surface area contributed by atoms with Gasteiger partial charge in [0.1, 0.15) is 5.82 Å². The zero-order valence-electron chi connectivity index (χ0n) is 15.7. The zero-order chi connectivity index (χ0) is 20.2. The molecule has 0 atom stereocenters. The quantitative estimate of drug-likeness (QED) is 0.428. The molecule has 1 aromatic carbocycles. The summed E-state index contributed by atoms with van der Waals surface area (Å²) in [5.74, 6) is 1.02. The number of benzene rings is 1. The molecule has 2 heterocycles. The topological polar surface area (TPSA) is 83.0 Å². The number of phenolic OH excluding ortho intramolecular Hbond substituents is 1. The molecule has 8 heteroatoms. The van der Waals surface area contributed by atoms with Gasteiger partial charge < -0.3 is 15.7 Å². The Morgan fingerprint density at radius 1 is 1.00 bits per heavy atom. The standard InChI is InChI=1S/C21H21Cl2N5O/c22-16-9-15(10-17(23)20(16)29)25-19-11-18(13-5-4-8-24-12-13)27-21(28-19)26-14-6-2-1-3-7-14/h4-5,8-12,14,29H,1-3,6-7H2,(H2,25,26,27,28). The number of nitrogens with zero attached hydrogens (tertiary/aromatic N) is 3. The second-order valence-corrected chi connectivity index (χ2v) is 7.91. The number of phenols is 1. The predicted octanol–water partition coefficient (Wildman–Crippen LogP) is 6.04. The van der Waals surface area contributed by atoms with E-state index >= 15 is 0 Å². The minimum Gasteiger partial charge on any atom is -0.505 e. The summed E-state index contributed by atoms with van der Waals surface area (Å²) in [5, 5.41) is 16.8. The summed E-state index contributed by atoms with van der Waals surface area (Å²) in [4.78, 5) is 13.5. The summed E-state index contributed by atoms with van der Waals surface area (Å²) in [6, 6.07) is 9.25. The van der Waals surface area contributed by atoms with Crippen LogP contribution in [0, 0.1) is 0 Å². The largest absolute Gasteiger partial charge is 0.505 e. The van der Waals surface area contributed by atoms with Gasteiger partial charge in [0.2, 0.25) is 5.95 Å². The average Bonchev–Trinajstić information content (AvgIpc) is 2.73. The Labute approximate surface area is 179 Å². The highest BCUT2D eigenvalue weighted by Gasteiger charge is 2.16. The maximum Gasteiger partial charge on any atom is 0.225 e. The summed E-state index contributed by atoms with van der Waals surface area (Å²) in [7, 11) is 0. The molecule has 0 aliphatic heterocycles. The van der Waals surface area contributed by atoms with Crippen molar-refractivity contribution in [3.63, 3.8) is 0 Å². The molecule has 0 amide bonds. The molecule has 0 radical (unpaired) electrons. The summed E-state index contributed by atoms with van der Waals surface area (Å²) >= 11 is 12.1. The monoisotopic (exact) mass is 429 g/mol. The van der Waals surface area contributed by atoms with Crippen LogP contribution in [0.2, 0.25) is 10.0 Å². The Morgan fingerprint density at radius 3 is 2.45 bits per heavy atom. The minimum absolute atomic E-state index is 0.141. The fourth-order valence-corrected chi connectivity index (χ4v) is 3.94. The summed E-state index contributed by atoms with van der Waals surface area (Å²) in [6.07, 6.45) is 9.45. The first-order valence-electron chi connectivity index (χ1n) is 9.59. The lowest BCUT2D eigenvalue weighted by Gasteiger charge is -2.23. The Balaban J connectivity index is 1.67. The van der Waals surface area contributed by atoms with Crippen LogP contribution in [0.3, 0.4) is 0 Å². The van der Waals surface area contributed by atoms with Crippen molar-refractivity contribution in [3.05, 3.63) is 52.8 Å². The Morgan fingerprint density at radius 2 is 1.76 bits per heavy atom. The van der Waals surface area contributed by atoms with Crippen molar-refractivity contribution in [2.24, 2.45) is 0 Å². The highest BCUT2D eigenvalue weighted by Crippen LogP contribution is 2.36. The molecular formula is C21H21Cl2N5O. The van der Waals surface area contributed by atoms with Gasteiger partial charge in [0.05, 0.1) is 15.7 Å². The van der Waals surface area contributed by atoms with Gasteiger partial charge in [-0.15, -0.1) is 0 Å².